The summed E-state index contributed by atoms with van der Waals surface area (Å²) < 4.78 is 6.11. The molecule has 2 aliphatic rings. The Balaban J connectivity index is 0.00000176. The molecule has 1 unspecified atom stereocenters. The van der Waals surface area contributed by atoms with Crippen molar-refractivity contribution in [3.63, 3.8) is 0 Å². The van der Waals surface area contributed by atoms with Gasteiger partial charge in [-0.15, -0.1) is 12.4 Å². The normalized spacial score (nSPS) is 31.4. The number of nitrogens with two attached hydrogens (primary N) is 1. The predicted octanol–water partition coefficient (Wildman–Crippen LogP) is 1.81. The third kappa shape index (κ3) is 2.62. The number of amides is 1. The lowest BCUT2D eigenvalue weighted by Crippen LogP contribution is -2.58. The number of nitrogens with zero attached hydrogens (tertiary/aromatic N) is 2. The summed E-state index contributed by atoms with van der Waals surface area (Å²) in [4.78, 5) is 17.9. The fourth-order valence-corrected chi connectivity index (χ4v) is 4.38. The van der Waals surface area contributed by atoms with Crippen LogP contribution < -0.4 is 5.73 Å². The van der Waals surface area contributed by atoms with Gasteiger partial charge in [-0.3, -0.25) is 9.78 Å². The Kier molecular flexibility index (Phi) is 5.10. The first-order chi connectivity index (χ1) is 10.1. The maximum atomic E-state index is 11.4. The van der Waals surface area contributed by atoms with E-state index < -0.39 is 5.91 Å². The zero-order valence-electron chi connectivity index (χ0n) is 13.1. The lowest BCUT2D eigenvalue weighted by atomic mass is 9.62. The number of hydrogen-bond donors (Lipinski definition) is 1. The number of pyridine rings is 1. The van der Waals surface area contributed by atoms with E-state index in [0.717, 1.165) is 31.5 Å². The molecule has 2 bridgehead atoms. The van der Waals surface area contributed by atoms with Crippen LogP contribution in [0.4, 0.5) is 0 Å². The van der Waals surface area contributed by atoms with Gasteiger partial charge in [0.1, 0.15) is 11.3 Å². The number of methoxy groups -OCH3 is 1. The number of carbonyl (C=O) groups is 1. The zero-order chi connectivity index (χ0) is 15.0. The van der Waals surface area contributed by atoms with Crippen molar-refractivity contribution in [2.75, 3.05) is 27.2 Å². The fraction of sp³-hybridized carbons (Fsp3) is 0.625. The van der Waals surface area contributed by atoms with Crippen molar-refractivity contribution in [2.45, 2.75) is 24.9 Å². The van der Waals surface area contributed by atoms with Crippen LogP contribution in [0.15, 0.2) is 18.3 Å². The number of piperidine rings is 1. The minimum absolute atomic E-state index is 0. The summed E-state index contributed by atoms with van der Waals surface area (Å²) >= 11 is 0. The Hall–Kier alpha value is -1.17. The number of rotatable bonds is 3. The van der Waals surface area contributed by atoms with Gasteiger partial charge in [-0.2, -0.15) is 0 Å². The minimum atomic E-state index is -0.485. The highest BCUT2D eigenvalue weighted by atomic mass is 35.5. The third-order valence-electron chi connectivity index (χ3n) is 5.18. The van der Waals surface area contributed by atoms with Gasteiger partial charge in [0.05, 0.1) is 0 Å². The van der Waals surface area contributed by atoms with Crippen LogP contribution >= 0.6 is 12.4 Å². The number of likely N-dealkylation sites (tertiary alicyclic amines) is 1. The molecular weight excluding hydrogens is 302 g/mol. The van der Waals surface area contributed by atoms with Gasteiger partial charge in [-0.05, 0) is 37.6 Å². The molecular formula is C16H24ClN3O2. The van der Waals surface area contributed by atoms with Crippen molar-refractivity contribution in [3.05, 3.63) is 29.6 Å². The Morgan fingerprint density at radius 3 is 2.59 bits per heavy atom. The highest BCUT2D eigenvalue weighted by Gasteiger charge is 2.52. The average molecular weight is 326 g/mol. The quantitative estimate of drug-likeness (QED) is 0.920. The molecule has 6 heteroatoms. The second kappa shape index (κ2) is 6.52. The first kappa shape index (κ1) is 17.2. The van der Waals surface area contributed by atoms with Gasteiger partial charge < -0.3 is 15.4 Å². The van der Waals surface area contributed by atoms with Crippen LogP contribution in [-0.4, -0.2) is 43.0 Å². The smallest absolute Gasteiger partial charge is 0.267 e. The maximum Gasteiger partial charge on any atom is 0.267 e. The average Bonchev–Trinajstić information content (AvgIpc) is 2.46. The summed E-state index contributed by atoms with van der Waals surface area (Å²) in [5.41, 5.74) is 6.45. The van der Waals surface area contributed by atoms with Crippen LogP contribution in [-0.2, 0) is 10.3 Å². The van der Waals surface area contributed by atoms with E-state index in [0.29, 0.717) is 17.5 Å². The van der Waals surface area contributed by atoms with Crippen molar-refractivity contribution in [3.8, 4) is 0 Å². The van der Waals surface area contributed by atoms with Gasteiger partial charge in [0.2, 0.25) is 0 Å². The van der Waals surface area contributed by atoms with E-state index in [4.69, 9.17) is 10.5 Å². The molecule has 0 radical (unpaired) electrons. The second-order valence-electron chi connectivity index (χ2n) is 6.34. The molecule has 1 aliphatic carbocycles. The van der Waals surface area contributed by atoms with Crippen LogP contribution in [0.3, 0.4) is 0 Å². The van der Waals surface area contributed by atoms with E-state index in [1.54, 1.807) is 13.3 Å². The predicted molar refractivity (Wildman–Crippen MR) is 87.0 cm³/mol. The van der Waals surface area contributed by atoms with Crippen molar-refractivity contribution < 1.29 is 9.53 Å². The fourth-order valence-electron chi connectivity index (χ4n) is 4.38. The molecule has 5 nitrogen and oxygen atoms in total. The molecule has 122 valence electrons. The zero-order valence-corrected chi connectivity index (χ0v) is 13.9. The molecule has 1 aliphatic heterocycles. The van der Waals surface area contributed by atoms with Gasteiger partial charge in [-0.1, -0.05) is 6.42 Å². The van der Waals surface area contributed by atoms with E-state index in [2.05, 4.69) is 16.9 Å². The molecule has 2 fully saturated rings. The summed E-state index contributed by atoms with van der Waals surface area (Å²) in [5.74, 6) is 0.410. The van der Waals surface area contributed by atoms with E-state index in [1.807, 2.05) is 12.1 Å². The van der Waals surface area contributed by atoms with Gasteiger partial charge in [0.25, 0.3) is 5.91 Å². The number of aromatic nitrogens is 1. The molecule has 22 heavy (non-hydrogen) atoms. The molecule has 0 spiro atoms. The summed E-state index contributed by atoms with van der Waals surface area (Å²) in [6.45, 7) is 2.05. The van der Waals surface area contributed by atoms with Crippen molar-refractivity contribution in [1.82, 2.24) is 9.88 Å². The SMILES string of the molecule is COC1(c2ccnc(C(N)=O)c2)[C@@H]2CCC[C@H]1CN(C)C2.Cl. The lowest BCUT2D eigenvalue weighted by molar-refractivity contribution is -0.165. The molecule has 3 atom stereocenters. The van der Waals surface area contributed by atoms with Crippen molar-refractivity contribution >= 4 is 18.3 Å². The van der Waals surface area contributed by atoms with Crippen LogP contribution in [0.25, 0.3) is 0 Å². The molecule has 1 saturated carbocycles. The number of fused-ring (bicyclic) bond motifs is 2. The van der Waals surface area contributed by atoms with Crippen LogP contribution in [0, 0.1) is 11.8 Å². The van der Waals surface area contributed by atoms with E-state index in [9.17, 15) is 4.79 Å². The van der Waals surface area contributed by atoms with Crippen molar-refractivity contribution in [1.29, 1.82) is 0 Å². The molecule has 2 N–H and O–H groups in total. The molecule has 1 saturated heterocycles. The Morgan fingerprint density at radius 1 is 1.41 bits per heavy atom. The minimum Gasteiger partial charge on any atom is -0.373 e. The highest BCUT2D eigenvalue weighted by molar-refractivity contribution is 5.90. The molecule has 1 amide bonds. The first-order valence-electron chi connectivity index (χ1n) is 7.58. The standard InChI is InChI=1S/C16H23N3O2.ClH/c1-19-9-12-4-3-5-13(10-19)16(12,21-2)11-6-7-18-14(8-11)15(17)20;/h6-8,12-13H,3-5,9-10H2,1-2H3,(H2,17,20);1H/t12-,13+,16?;. The summed E-state index contributed by atoms with van der Waals surface area (Å²) in [6, 6.07) is 3.80. The number of carbonyl (C=O) groups excluding carboxylic acids is 1. The van der Waals surface area contributed by atoms with Crippen LogP contribution in [0.5, 0.6) is 0 Å². The molecule has 1 aromatic heterocycles. The third-order valence-corrected chi connectivity index (χ3v) is 5.18. The van der Waals surface area contributed by atoms with Crippen LogP contribution in [0.1, 0.15) is 35.3 Å². The lowest BCUT2D eigenvalue weighted by Gasteiger charge is -2.54. The maximum absolute atomic E-state index is 11.4. The van der Waals surface area contributed by atoms with Crippen molar-refractivity contribution in [2.24, 2.45) is 17.6 Å². The van der Waals surface area contributed by atoms with Gasteiger partial charge >= 0.3 is 0 Å². The van der Waals surface area contributed by atoms with Gasteiger partial charge in [0.15, 0.2) is 0 Å². The van der Waals surface area contributed by atoms with E-state index in [1.165, 1.54) is 6.42 Å². The molecule has 2 heterocycles. The Morgan fingerprint density at radius 2 is 2.05 bits per heavy atom. The topological polar surface area (TPSA) is 68.5 Å². The summed E-state index contributed by atoms with van der Waals surface area (Å²) in [6.07, 6.45) is 5.23. The Labute approximate surface area is 137 Å². The molecule has 1 aromatic rings. The van der Waals surface area contributed by atoms with E-state index >= 15 is 0 Å². The Bertz CT molecular complexity index is 538. The molecule has 3 rings (SSSR count). The van der Waals surface area contributed by atoms with Gasteiger partial charge in [-0.25, -0.2) is 0 Å². The number of halogens is 1. The van der Waals surface area contributed by atoms with Gasteiger partial charge in [0, 0.05) is 38.2 Å². The first-order valence-corrected chi connectivity index (χ1v) is 7.58. The highest BCUT2D eigenvalue weighted by Crippen LogP contribution is 2.51. The van der Waals surface area contributed by atoms with Crippen LogP contribution in [0.2, 0.25) is 0 Å². The number of primary amides is 1. The summed E-state index contributed by atoms with van der Waals surface area (Å²) in [7, 11) is 3.97. The molecule has 0 aromatic carbocycles. The largest absolute Gasteiger partial charge is 0.373 e. The number of ether oxygens (including phenoxy) is 1. The summed E-state index contributed by atoms with van der Waals surface area (Å²) in [5, 5.41) is 0. The second-order valence-corrected chi connectivity index (χ2v) is 6.34. The number of hydrogen-bond acceptors (Lipinski definition) is 4. The monoisotopic (exact) mass is 325 g/mol. The van der Waals surface area contributed by atoms with E-state index in [-0.39, 0.29) is 18.0 Å².